The number of carbonyl (C=O) groups excluding carboxylic acids is 4. The van der Waals surface area contributed by atoms with Crippen LogP contribution in [-0.4, -0.2) is 96.7 Å². The molecule has 0 aromatic heterocycles. The highest BCUT2D eigenvalue weighted by Crippen LogP contribution is 2.45. The first kappa shape index (κ1) is 94.0. The van der Waals surface area contributed by atoms with Crippen molar-refractivity contribution in [2.75, 3.05) is 39.6 Å². The van der Waals surface area contributed by atoms with Crippen LogP contribution >= 0.6 is 15.6 Å². The lowest BCUT2D eigenvalue weighted by Crippen LogP contribution is -2.30. The fraction of sp³-hybridized carbons (Fsp3) is 0.747. The number of esters is 4. The third-order valence-corrected chi connectivity index (χ3v) is 17.9. The standard InChI is InChI=1S/C79H138O17P2/c1-5-9-13-17-21-25-29-33-35-36-38-41-44-48-52-56-60-64-77(82)90-70-75(96-79(84)66-62-58-54-50-46-42-37-34-30-26-22-18-14-10-6-2)72-94-98(87,88)92-68-73(80)67-91-97(85,86)93-71-74(95-78(83)65-61-57-53-49-45-40-32-28-24-20-16-12-8-4)69-89-76(81)63-59-55-51-47-43-39-31-27-23-19-15-11-7-3/h9,13,15,19,21-22,25-28,31-35,37,73-75,80H,5-8,10-12,14,16-18,20,23-24,29-30,36,38-72H2,1-4H3,(H,85,86)(H,87,88)/b13-9-,19-15-,25-21-,26-22-,31-27-,32-28-,35-33-,37-34-. The van der Waals surface area contributed by atoms with E-state index in [9.17, 15) is 43.2 Å². The molecule has 0 radical (unpaired) electrons. The van der Waals surface area contributed by atoms with Crippen molar-refractivity contribution in [2.45, 2.75) is 341 Å². The molecule has 0 saturated heterocycles. The van der Waals surface area contributed by atoms with Gasteiger partial charge in [-0.3, -0.25) is 37.3 Å². The molecule has 19 heteroatoms. The van der Waals surface area contributed by atoms with Crippen molar-refractivity contribution in [3.63, 3.8) is 0 Å². The average molecular weight is 1420 g/mol. The zero-order valence-corrected chi connectivity index (χ0v) is 63.5. The van der Waals surface area contributed by atoms with Crippen molar-refractivity contribution in [3.05, 3.63) is 97.2 Å². The molecule has 0 fully saturated rings. The van der Waals surface area contributed by atoms with Crippen molar-refractivity contribution >= 4 is 39.5 Å². The zero-order valence-electron chi connectivity index (χ0n) is 61.7. The summed E-state index contributed by atoms with van der Waals surface area (Å²) < 4.78 is 68.5. The molecule has 0 spiro atoms. The summed E-state index contributed by atoms with van der Waals surface area (Å²) in [6, 6.07) is 0. The normalized spacial score (nSPS) is 14.5. The van der Waals surface area contributed by atoms with Gasteiger partial charge < -0.3 is 33.8 Å². The van der Waals surface area contributed by atoms with E-state index in [1.54, 1.807) is 0 Å². The first-order valence-corrected chi connectivity index (χ1v) is 41.5. The Labute approximate surface area is 595 Å². The number of unbranched alkanes of at least 4 members (excludes halogenated alkanes) is 30. The van der Waals surface area contributed by atoms with Gasteiger partial charge in [0.05, 0.1) is 26.4 Å². The van der Waals surface area contributed by atoms with Gasteiger partial charge in [0.1, 0.15) is 19.3 Å². The topological polar surface area (TPSA) is 237 Å². The average Bonchev–Trinajstić information content (AvgIpc) is 1.05. The molecule has 0 saturated carbocycles. The van der Waals surface area contributed by atoms with Gasteiger partial charge in [0.15, 0.2) is 12.2 Å². The largest absolute Gasteiger partial charge is 0.472 e. The van der Waals surface area contributed by atoms with E-state index in [4.69, 9.17) is 37.0 Å². The second kappa shape index (κ2) is 71.4. The molecular weight excluding hydrogens is 1280 g/mol. The number of hydrogen-bond acceptors (Lipinski definition) is 15. The highest BCUT2D eigenvalue weighted by atomic mass is 31.2. The highest BCUT2D eigenvalue weighted by Gasteiger charge is 2.30. The Balaban J connectivity index is 5.36. The van der Waals surface area contributed by atoms with Crippen LogP contribution in [0.15, 0.2) is 97.2 Å². The van der Waals surface area contributed by atoms with Crippen molar-refractivity contribution in [3.8, 4) is 0 Å². The predicted molar refractivity (Wildman–Crippen MR) is 399 cm³/mol. The van der Waals surface area contributed by atoms with E-state index in [2.05, 4.69) is 125 Å². The maximum Gasteiger partial charge on any atom is 0.472 e. The number of allylic oxidation sites excluding steroid dienone is 16. The SMILES string of the molecule is CC/C=C\C/C=C\C/C=C\CCCCCCCCCC(=O)OCC(COP(=O)(O)OCC(O)COP(=O)(O)OCC(COC(=O)CCCCCCC/C=C\C/C=C\CCC)OC(=O)CCCCCCC/C=C\CCCCCC)OC(=O)CCCCCCC/C=C\C/C=C\CCCCC. The number of phosphoric ester groups is 2. The number of hydrogen-bond donors (Lipinski definition) is 3. The summed E-state index contributed by atoms with van der Waals surface area (Å²) in [6.45, 7) is 4.63. The smallest absolute Gasteiger partial charge is 0.462 e. The number of aliphatic hydroxyl groups is 1. The lowest BCUT2D eigenvalue weighted by molar-refractivity contribution is -0.161. The minimum absolute atomic E-state index is 0.0765. The van der Waals surface area contributed by atoms with Crippen molar-refractivity contribution in [2.24, 2.45) is 0 Å². The maximum absolute atomic E-state index is 13.1. The summed E-state index contributed by atoms with van der Waals surface area (Å²) >= 11 is 0. The van der Waals surface area contributed by atoms with Gasteiger partial charge in [-0.05, 0) is 141 Å². The number of phosphoric acid groups is 2. The second-order valence-corrected chi connectivity index (χ2v) is 28.5. The van der Waals surface area contributed by atoms with Gasteiger partial charge in [-0.1, -0.05) is 253 Å². The highest BCUT2D eigenvalue weighted by molar-refractivity contribution is 7.47. The van der Waals surface area contributed by atoms with Crippen LogP contribution in [0.5, 0.6) is 0 Å². The third kappa shape index (κ3) is 70.4. The fourth-order valence-electron chi connectivity index (χ4n) is 10.1. The van der Waals surface area contributed by atoms with Gasteiger partial charge in [0.2, 0.25) is 0 Å². The first-order chi connectivity index (χ1) is 47.7. The number of aliphatic hydroxyl groups excluding tert-OH is 1. The number of ether oxygens (including phenoxy) is 4. The van der Waals surface area contributed by atoms with Gasteiger partial charge in [0.25, 0.3) is 0 Å². The third-order valence-electron chi connectivity index (χ3n) is 16.0. The molecule has 98 heavy (non-hydrogen) atoms. The minimum atomic E-state index is -4.98. The Morgan fingerprint density at radius 3 is 0.888 bits per heavy atom. The van der Waals surface area contributed by atoms with Gasteiger partial charge in [-0.2, -0.15) is 0 Å². The van der Waals surface area contributed by atoms with Crippen molar-refractivity contribution < 1.29 is 80.2 Å². The second-order valence-electron chi connectivity index (χ2n) is 25.6. The van der Waals surface area contributed by atoms with Gasteiger partial charge >= 0.3 is 39.5 Å². The van der Waals surface area contributed by atoms with E-state index in [-0.39, 0.29) is 25.7 Å². The quantitative estimate of drug-likeness (QED) is 0.0169. The molecule has 5 unspecified atom stereocenters. The molecule has 0 aliphatic heterocycles. The molecule has 0 aliphatic rings. The summed E-state index contributed by atoms with van der Waals surface area (Å²) in [6.07, 6.45) is 73.9. The Hall–Kier alpha value is -4.02. The number of rotatable bonds is 72. The molecule has 0 rings (SSSR count). The van der Waals surface area contributed by atoms with Gasteiger partial charge in [0, 0.05) is 25.7 Å². The van der Waals surface area contributed by atoms with E-state index in [0.29, 0.717) is 25.7 Å². The lowest BCUT2D eigenvalue weighted by Gasteiger charge is -2.21. The summed E-state index contributed by atoms with van der Waals surface area (Å²) in [5.41, 5.74) is 0. The summed E-state index contributed by atoms with van der Waals surface area (Å²) in [7, 11) is -9.96. The van der Waals surface area contributed by atoms with Crippen LogP contribution in [0, 0.1) is 0 Å². The first-order valence-electron chi connectivity index (χ1n) is 38.5. The molecule has 0 amide bonds. The summed E-state index contributed by atoms with van der Waals surface area (Å²) in [5.74, 6) is -2.21. The van der Waals surface area contributed by atoms with E-state index in [0.717, 1.165) is 199 Å². The number of carbonyl (C=O) groups is 4. The van der Waals surface area contributed by atoms with Crippen LogP contribution in [0.4, 0.5) is 0 Å². The van der Waals surface area contributed by atoms with Gasteiger partial charge in [-0.15, -0.1) is 0 Å². The van der Waals surface area contributed by atoms with E-state index in [1.165, 1.54) is 44.9 Å². The van der Waals surface area contributed by atoms with Gasteiger partial charge in [-0.25, -0.2) is 9.13 Å². The van der Waals surface area contributed by atoms with E-state index < -0.39 is 97.5 Å². The molecule has 566 valence electrons. The molecule has 0 aliphatic carbocycles. The Kier molecular flexibility index (Phi) is 68.4. The molecular formula is C79H138O17P2. The minimum Gasteiger partial charge on any atom is -0.462 e. The van der Waals surface area contributed by atoms with Crippen LogP contribution in [0.3, 0.4) is 0 Å². The maximum atomic E-state index is 13.1. The molecule has 3 N–H and O–H groups in total. The van der Waals surface area contributed by atoms with Crippen molar-refractivity contribution in [1.29, 1.82) is 0 Å². The van der Waals surface area contributed by atoms with Crippen molar-refractivity contribution in [1.82, 2.24) is 0 Å². The predicted octanol–water partition coefficient (Wildman–Crippen LogP) is 22.0. The van der Waals surface area contributed by atoms with Crippen LogP contribution in [0.1, 0.15) is 323 Å². The monoisotopic (exact) mass is 1420 g/mol. The Morgan fingerprint density at radius 1 is 0.296 bits per heavy atom. The summed E-state index contributed by atoms with van der Waals surface area (Å²) in [5, 5.41) is 10.6. The molecule has 0 bridgehead atoms. The molecule has 5 atom stereocenters. The van der Waals surface area contributed by atoms with Crippen LogP contribution < -0.4 is 0 Å². The van der Waals surface area contributed by atoms with E-state index in [1.807, 2.05) is 0 Å². The van der Waals surface area contributed by atoms with Crippen LogP contribution in [0.25, 0.3) is 0 Å². The zero-order chi connectivity index (χ0) is 71.8. The molecule has 0 aromatic carbocycles. The molecule has 17 nitrogen and oxygen atoms in total. The van der Waals surface area contributed by atoms with Crippen LogP contribution in [-0.2, 0) is 65.4 Å². The lowest BCUT2D eigenvalue weighted by atomic mass is 10.1. The Morgan fingerprint density at radius 2 is 0.551 bits per heavy atom. The van der Waals surface area contributed by atoms with E-state index >= 15 is 0 Å². The van der Waals surface area contributed by atoms with Crippen LogP contribution in [0.2, 0.25) is 0 Å². The Bertz CT molecular complexity index is 2240. The summed E-state index contributed by atoms with van der Waals surface area (Å²) in [4.78, 5) is 72.8. The molecule has 0 aromatic rings. The fourth-order valence-corrected chi connectivity index (χ4v) is 11.7. The molecule has 0 heterocycles.